The molecule has 0 radical (unpaired) electrons. The van der Waals surface area contributed by atoms with Gasteiger partial charge in [0, 0.05) is 0 Å². The molecule has 0 unspecified atom stereocenters. The molecule has 2 aliphatic rings. The number of carboxylic acid groups (broad SMARTS) is 1. The van der Waals surface area contributed by atoms with E-state index in [1.807, 2.05) is 0 Å². The lowest BCUT2D eigenvalue weighted by molar-refractivity contribution is -0.145. The monoisotopic (exact) mass is 286 g/mol. The van der Waals surface area contributed by atoms with E-state index in [1.54, 1.807) is 0 Å². The van der Waals surface area contributed by atoms with Gasteiger partial charge in [0.05, 0.1) is 5.41 Å². The molecule has 2 heteroatoms. The maximum Gasteiger partial charge on any atom is 0.314 e. The molecule has 0 bridgehead atoms. The molecule has 2 fully saturated rings. The summed E-state index contributed by atoms with van der Waals surface area (Å²) in [7, 11) is 0. The lowest BCUT2D eigenvalue weighted by Crippen LogP contribution is -2.37. The van der Waals surface area contributed by atoms with Crippen molar-refractivity contribution in [3.63, 3.8) is 0 Å². The van der Waals surface area contributed by atoms with Gasteiger partial charge >= 0.3 is 5.97 Å². The van der Waals surface area contributed by atoms with Gasteiger partial charge < -0.3 is 5.11 Å². The summed E-state index contributed by atoms with van der Waals surface area (Å²) in [6, 6.07) is 8.60. The van der Waals surface area contributed by atoms with Crippen LogP contribution in [0.25, 0.3) is 0 Å². The van der Waals surface area contributed by atoms with Gasteiger partial charge in [0.1, 0.15) is 0 Å². The Morgan fingerprint density at radius 1 is 0.905 bits per heavy atom. The zero-order valence-corrected chi connectivity index (χ0v) is 12.8. The summed E-state index contributed by atoms with van der Waals surface area (Å²) in [4.78, 5) is 11.9. The molecule has 1 aromatic rings. The fourth-order valence-corrected chi connectivity index (χ4v) is 4.29. The predicted octanol–water partition coefficient (Wildman–Crippen LogP) is 5.02. The fourth-order valence-electron chi connectivity index (χ4n) is 4.29. The van der Waals surface area contributed by atoms with Crippen molar-refractivity contribution in [2.24, 2.45) is 0 Å². The fraction of sp³-hybridized carbons (Fsp3) is 0.632. The van der Waals surface area contributed by atoms with E-state index < -0.39 is 11.4 Å². The van der Waals surface area contributed by atoms with Crippen LogP contribution in [0.15, 0.2) is 24.3 Å². The summed E-state index contributed by atoms with van der Waals surface area (Å²) < 4.78 is 0. The normalized spacial score (nSPS) is 22.9. The molecule has 1 aromatic carbocycles. The van der Waals surface area contributed by atoms with Gasteiger partial charge in [-0.1, -0.05) is 62.8 Å². The maximum absolute atomic E-state index is 11.9. The van der Waals surface area contributed by atoms with Gasteiger partial charge in [0.25, 0.3) is 0 Å². The van der Waals surface area contributed by atoms with Crippen LogP contribution in [0.3, 0.4) is 0 Å². The molecule has 0 saturated heterocycles. The predicted molar refractivity (Wildman–Crippen MR) is 84.7 cm³/mol. The topological polar surface area (TPSA) is 37.3 Å². The standard InChI is InChI=1S/C19H26O2/c20-18(21)19(13-5-2-6-14-19)17-11-9-16(10-12-17)15-7-3-1-4-8-15/h9-12,15H,1-8,13-14H2,(H,20,21). The number of aliphatic carboxylic acids is 1. The van der Waals surface area contributed by atoms with Crippen LogP contribution in [0.2, 0.25) is 0 Å². The number of carboxylic acids is 1. The average Bonchev–Trinajstić information content (AvgIpc) is 2.56. The van der Waals surface area contributed by atoms with Gasteiger partial charge in [0.15, 0.2) is 0 Å². The van der Waals surface area contributed by atoms with Crippen LogP contribution in [0.4, 0.5) is 0 Å². The minimum atomic E-state index is -0.632. The molecule has 2 nitrogen and oxygen atoms in total. The van der Waals surface area contributed by atoms with Crippen LogP contribution in [0, 0.1) is 0 Å². The number of benzene rings is 1. The Morgan fingerprint density at radius 3 is 2.05 bits per heavy atom. The Balaban J connectivity index is 1.83. The highest BCUT2D eigenvalue weighted by Gasteiger charge is 2.41. The van der Waals surface area contributed by atoms with Crippen molar-refractivity contribution in [1.29, 1.82) is 0 Å². The summed E-state index contributed by atoms with van der Waals surface area (Å²) in [6.07, 6.45) is 11.5. The quantitative estimate of drug-likeness (QED) is 0.847. The molecule has 2 aliphatic carbocycles. The Morgan fingerprint density at radius 2 is 1.48 bits per heavy atom. The van der Waals surface area contributed by atoms with Crippen LogP contribution < -0.4 is 0 Å². The summed E-state index contributed by atoms with van der Waals surface area (Å²) in [5.41, 5.74) is 1.81. The van der Waals surface area contributed by atoms with E-state index in [4.69, 9.17) is 0 Å². The smallest absolute Gasteiger partial charge is 0.314 e. The highest BCUT2D eigenvalue weighted by atomic mass is 16.4. The molecular formula is C19H26O2. The van der Waals surface area contributed by atoms with E-state index in [2.05, 4.69) is 24.3 Å². The largest absolute Gasteiger partial charge is 0.481 e. The van der Waals surface area contributed by atoms with E-state index in [9.17, 15) is 9.90 Å². The Bertz CT molecular complexity index is 477. The first-order valence-corrected chi connectivity index (χ1v) is 8.56. The zero-order chi connectivity index (χ0) is 14.7. The average molecular weight is 286 g/mol. The van der Waals surface area contributed by atoms with E-state index in [0.717, 1.165) is 31.2 Å². The second kappa shape index (κ2) is 6.21. The molecular weight excluding hydrogens is 260 g/mol. The van der Waals surface area contributed by atoms with Crippen molar-refractivity contribution in [3.05, 3.63) is 35.4 Å². The van der Waals surface area contributed by atoms with Crippen LogP contribution in [0.5, 0.6) is 0 Å². The van der Waals surface area contributed by atoms with Gasteiger partial charge in [-0.15, -0.1) is 0 Å². The molecule has 1 N–H and O–H groups in total. The van der Waals surface area contributed by atoms with Gasteiger partial charge in [-0.25, -0.2) is 0 Å². The highest BCUT2D eigenvalue weighted by Crippen LogP contribution is 2.41. The van der Waals surface area contributed by atoms with Gasteiger partial charge in [-0.05, 0) is 42.7 Å². The minimum Gasteiger partial charge on any atom is -0.481 e. The maximum atomic E-state index is 11.9. The Labute approximate surface area is 127 Å². The molecule has 2 saturated carbocycles. The van der Waals surface area contributed by atoms with E-state index in [1.165, 1.54) is 44.1 Å². The first kappa shape index (κ1) is 14.6. The van der Waals surface area contributed by atoms with Crippen molar-refractivity contribution in [3.8, 4) is 0 Å². The minimum absolute atomic E-state index is 0.622. The Hall–Kier alpha value is -1.31. The molecule has 0 amide bonds. The van der Waals surface area contributed by atoms with Gasteiger partial charge in [-0.2, -0.15) is 0 Å². The molecule has 0 spiro atoms. The molecule has 0 aromatic heterocycles. The van der Waals surface area contributed by atoms with Crippen molar-refractivity contribution >= 4 is 5.97 Å². The van der Waals surface area contributed by atoms with Crippen LogP contribution in [0.1, 0.15) is 81.3 Å². The molecule has 0 heterocycles. The molecule has 3 rings (SSSR count). The zero-order valence-electron chi connectivity index (χ0n) is 12.8. The summed E-state index contributed by atoms with van der Waals surface area (Å²) in [6.45, 7) is 0. The van der Waals surface area contributed by atoms with E-state index in [0.29, 0.717) is 5.92 Å². The van der Waals surface area contributed by atoms with Crippen molar-refractivity contribution in [2.45, 2.75) is 75.5 Å². The molecule has 21 heavy (non-hydrogen) atoms. The van der Waals surface area contributed by atoms with Crippen LogP contribution >= 0.6 is 0 Å². The van der Waals surface area contributed by atoms with E-state index >= 15 is 0 Å². The second-order valence-corrected chi connectivity index (χ2v) is 6.90. The summed E-state index contributed by atoms with van der Waals surface area (Å²) in [5, 5.41) is 9.76. The third-order valence-corrected chi connectivity index (χ3v) is 5.66. The summed E-state index contributed by atoms with van der Waals surface area (Å²) in [5.74, 6) is 0.0625. The Kier molecular flexibility index (Phi) is 4.32. The number of carbonyl (C=O) groups is 1. The SMILES string of the molecule is O=C(O)C1(c2ccc(C3CCCCC3)cc2)CCCCC1. The van der Waals surface area contributed by atoms with Gasteiger partial charge in [0.2, 0.25) is 0 Å². The summed E-state index contributed by atoms with van der Waals surface area (Å²) >= 11 is 0. The third kappa shape index (κ3) is 2.86. The number of hydrogen-bond acceptors (Lipinski definition) is 1. The van der Waals surface area contributed by atoms with Crippen LogP contribution in [-0.4, -0.2) is 11.1 Å². The molecule has 0 aliphatic heterocycles. The van der Waals surface area contributed by atoms with Crippen LogP contribution in [-0.2, 0) is 10.2 Å². The van der Waals surface area contributed by atoms with Crippen molar-refractivity contribution in [2.75, 3.05) is 0 Å². The molecule has 114 valence electrons. The van der Waals surface area contributed by atoms with Crippen molar-refractivity contribution in [1.82, 2.24) is 0 Å². The second-order valence-electron chi connectivity index (χ2n) is 6.90. The first-order valence-electron chi connectivity index (χ1n) is 8.56. The van der Waals surface area contributed by atoms with Gasteiger partial charge in [-0.3, -0.25) is 4.79 Å². The van der Waals surface area contributed by atoms with E-state index in [-0.39, 0.29) is 0 Å². The number of rotatable bonds is 3. The molecule has 0 atom stereocenters. The van der Waals surface area contributed by atoms with Crippen molar-refractivity contribution < 1.29 is 9.90 Å². The first-order chi connectivity index (χ1) is 10.2. The number of hydrogen-bond donors (Lipinski definition) is 1. The highest BCUT2D eigenvalue weighted by molar-refractivity contribution is 5.81. The lowest BCUT2D eigenvalue weighted by atomic mass is 9.69. The lowest BCUT2D eigenvalue weighted by Gasteiger charge is -2.34. The third-order valence-electron chi connectivity index (χ3n) is 5.66.